The molecule has 2 rings (SSSR count). The summed E-state index contributed by atoms with van der Waals surface area (Å²) in [7, 11) is 1.98. The van der Waals surface area contributed by atoms with Gasteiger partial charge in [-0.3, -0.25) is 0 Å². The summed E-state index contributed by atoms with van der Waals surface area (Å²) in [5.41, 5.74) is 2.75. The molecule has 0 aliphatic heterocycles. The highest BCUT2D eigenvalue weighted by Gasteiger charge is 2.00. The van der Waals surface area contributed by atoms with Crippen molar-refractivity contribution in [3.63, 3.8) is 0 Å². The van der Waals surface area contributed by atoms with E-state index in [0.29, 0.717) is 0 Å². The van der Waals surface area contributed by atoms with Gasteiger partial charge in [-0.2, -0.15) is 0 Å². The van der Waals surface area contributed by atoms with Crippen LogP contribution >= 0.6 is 0 Å². The van der Waals surface area contributed by atoms with Crippen molar-refractivity contribution in [3.8, 4) is 0 Å². The van der Waals surface area contributed by atoms with Gasteiger partial charge < -0.3 is 9.88 Å². The van der Waals surface area contributed by atoms with Crippen LogP contribution in [0.15, 0.2) is 48.8 Å². The quantitative estimate of drug-likeness (QED) is 0.801. The second-order valence-corrected chi connectivity index (χ2v) is 3.65. The lowest BCUT2D eigenvalue weighted by Gasteiger charge is -2.09. The van der Waals surface area contributed by atoms with E-state index in [1.807, 2.05) is 7.05 Å². The number of aromatic nitrogens is 1. The molecule has 0 bridgehead atoms. The van der Waals surface area contributed by atoms with Crippen molar-refractivity contribution in [3.05, 3.63) is 59.9 Å². The van der Waals surface area contributed by atoms with Gasteiger partial charge >= 0.3 is 0 Å². The third kappa shape index (κ3) is 2.48. The lowest BCUT2D eigenvalue weighted by molar-refractivity contribution is 0.761. The predicted octanol–water partition coefficient (Wildman–Crippen LogP) is 2.26. The summed E-state index contributed by atoms with van der Waals surface area (Å²) in [6.07, 6.45) is 4.19. The predicted molar refractivity (Wildman–Crippen MR) is 62.7 cm³/mol. The van der Waals surface area contributed by atoms with E-state index in [0.717, 1.165) is 13.1 Å². The second-order valence-electron chi connectivity index (χ2n) is 3.65. The Bertz CT molecular complexity index is 404. The average molecular weight is 200 g/mol. The first kappa shape index (κ1) is 9.99. The third-order valence-electron chi connectivity index (χ3n) is 2.50. The zero-order valence-corrected chi connectivity index (χ0v) is 8.98. The van der Waals surface area contributed by atoms with Gasteiger partial charge in [-0.1, -0.05) is 24.3 Å². The van der Waals surface area contributed by atoms with Gasteiger partial charge in [-0.05, 0) is 30.3 Å². The van der Waals surface area contributed by atoms with Crippen LogP contribution in [0.3, 0.4) is 0 Å². The Labute approximate surface area is 90.6 Å². The summed E-state index contributed by atoms with van der Waals surface area (Å²) >= 11 is 0. The minimum atomic E-state index is 0.928. The summed E-state index contributed by atoms with van der Waals surface area (Å²) in [6.45, 7) is 1.88. The number of benzene rings is 1. The van der Waals surface area contributed by atoms with Crippen LogP contribution < -0.4 is 5.32 Å². The molecule has 1 heterocycles. The van der Waals surface area contributed by atoms with E-state index >= 15 is 0 Å². The lowest BCUT2D eigenvalue weighted by Crippen LogP contribution is -2.09. The molecule has 0 atom stereocenters. The molecular formula is C13H16N2. The summed E-state index contributed by atoms with van der Waals surface area (Å²) in [4.78, 5) is 0. The molecule has 78 valence electrons. The number of nitrogens with one attached hydrogen (secondary N) is 1. The van der Waals surface area contributed by atoms with Crippen molar-refractivity contribution in [2.75, 3.05) is 7.05 Å². The zero-order valence-electron chi connectivity index (χ0n) is 8.98. The minimum Gasteiger partial charge on any atom is -0.350 e. The van der Waals surface area contributed by atoms with E-state index in [1.54, 1.807) is 0 Å². The Morgan fingerprint density at radius 3 is 2.33 bits per heavy atom. The van der Waals surface area contributed by atoms with E-state index in [2.05, 4.69) is 58.7 Å². The Kier molecular flexibility index (Phi) is 3.20. The summed E-state index contributed by atoms with van der Waals surface area (Å²) < 4.78 is 2.19. The molecule has 2 heteroatoms. The molecule has 0 saturated carbocycles. The first-order chi connectivity index (χ1) is 7.40. The molecule has 0 unspecified atom stereocenters. The van der Waals surface area contributed by atoms with Gasteiger partial charge in [0, 0.05) is 25.5 Å². The number of hydrogen-bond acceptors (Lipinski definition) is 1. The molecule has 0 amide bonds. The molecule has 15 heavy (non-hydrogen) atoms. The monoisotopic (exact) mass is 200 g/mol. The normalized spacial score (nSPS) is 10.5. The Morgan fingerprint density at radius 2 is 1.67 bits per heavy atom. The summed E-state index contributed by atoms with van der Waals surface area (Å²) in [6, 6.07) is 12.7. The Morgan fingerprint density at radius 1 is 1.00 bits per heavy atom. The van der Waals surface area contributed by atoms with Crippen LogP contribution in [0.4, 0.5) is 0 Å². The van der Waals surface area contributed by atoms with Crippen molar-refractivity contribution in [2.24, 2.45) is 0 Å². The standard InChI is InChI=1S/C13H16N2/c1-14-10-12-6-2-3-7-13(12)11-15-8-4-5-9-15/h2-9,14H,10-11H2,1H3. The molecule has 0 aliphatic carbocycles. The van der Waals surface area contributed by atoms with Gasteiger partial charge in [0.05, 0.1) is 0 Å². The zero-order chi connectivity index (χ0) is 10.5. The van der Waals surface area contributed by atoms with Crippen LogP contribution in [-0.2, 0) is 13.1 Å². The average Bonchev–Trinajstić information content (AvgIpc) is 2.74. The molecule has 0 radical (unpaired) electrons. The summed E-state index contributed by atoms with van der Waals surface area (Å²) in [5, 5.41) is 3.19. The van der Waals surface area contributed by atoms with Crippen LogP contribution in [0, 0.1) is 0 Å². The molecule has 2 aromatic rings. The molecule has 1 aromatic heterocycles. The highest BCUT2D eigenvalue weighted by molar-refractivity contribution is 5.27. The number of hydrogen-bond donors (Lipinski definition) is 1. The van der Waals surface area contributed by atoms with Crippen molar-refractivity contribution in [1.82, 2.24) is 9.88 Å². The largest absolute Gasteiger partial charge is 0.350 e. The first-order valence-corrected chi connectivity index (χ1v) is 5.22. The first-order valence-electron chi connectivity index (χ1n) is 5.22. The fraction of sp³-hybridized carbons (Fsp3) is 0.231. The Balaban J connectivity index is 2.20. The SMILES string of the molecule is CNCc1ccccc1Cn1cccc1. The maximum atomic E-state index is 3.19. The molecule has 0 aliphatic rings. The van der Waals surface area contributed by atoms with Gasteiger partial charge in [0.25, 0.3) is 0 Å². The molecule has 1 aromatic carbocycles. The van der Waals surface area contributed by atoms with Crippen molar-refractivity contribution < 1.29 is 0 Å². The minimum absolute atomic E-state index is 0.928. The van der Waals surface area contributed by atoms with Crippen LogP contribution in [0.5, 0.6) is 0 Å². The van der Waals surface area contributed by atoms with Crippen LogP contribution in [-0.4, -0.2) is 11.6 Å². The fourth-order valence-electron chi connectivity index (χ4n) is 1.75. The van der Waals surface area contributed by atoms with Gasteiger partial charge in [0.1, 0.15) is 0 Å². The molecule has 0 fully saturated rings. The van der Waals surface area contributed by atoms with E-state index < -0.39 is 0 Å². The second kappa shape index (κ2) is 4.80. The molecule has 0 saturated heterocycles. The van der Waals surface area contributed by atoms with E-state index in [-0.39, 0.29) is 0 Å². The highest BCUT2D eigenvalue weighted by atomic mass is 14.9. The third-order valence-corrected chi connectivity index (χ3v) is 2.50. The maximum absolute atomic E-state index is 3.19. The lowest BCUT2D eigenvalue weighted by atomic mass is 10.1. The van der Waals surface area contributed by atoms with E-state index in [4.69, 9.17) is 0 Å². The molecule has 2 nitrogen and oxygen atoms in total. The van der Waals surface area contributed by atoms with Crippen LogP contribution in [0.25, 0.3) is 0 Å². The topological polar surface area (TPSA) is 17.0 Å². The highest BCUT2D eigenvalue weighted by Crippen LogP contribution is 2.10. The van der Waals surface area contributed by atoms with Gasteiger partial charge in [0.2, 0.25) is 0 Å². The number of rotatable bonds is 4. The molecule has 0 spiro atoms. The van der Waals surface area contributed by atoms with Crippen molar-refractivity contribution >= 4 is 0 Å². The van der Waals surface area contributed by atoms with Gasteiger partial charge in [-0.25, -0.2) is 0 Å². The summed E-state index contributed by atoms with van der Waals surface area (Å²) in [5.74, 6) is 0. The fourth-order valence-corrected chi connectivity index (χ4v) is 1.75. The molecular weight excluding hydrogens is 184 g/mol. The van der Waals surface area contributed by atoms with Crippen LogP contribution in [0.2, 0.25) is 0 Å². The van der Waals surface area contributed by atoms with Crippen LogP contribution in [0.1, 0.15) is 11.1 Å². The van der Waals surface area contributed by atoms with Crippen molar-refractivity contribution in [1.29, 1.82) is 0 Å². The number of nitrogens with zero attached hydrogens (tertiary/aromatic N) is 1. The van der Waals surface area contributed by atoms with Crippen molar-refractivity contribution in [2.45, 2.75) is 13.1 Å². The maximum Gasteiger partial charge on any atom is 0.0473 e. The van der Waals surface area contributed by atoms with Gasteiger partial charge in [-0.15, -0.1) is 0 Å². The van der Waals surface area contributed by atoms with E-state index in [9.17, 15) is 0 Å². The smallest absolute Gasteiger partial charge is 0.0473 e. The Hall–Kier alpha value is -1.54. The molecule has 1 N–H and O–H groups in total. The van der Waals surface area contributed by atoms with Gasteiger partial charge in [0.15, 0.2) is 0 Å². The van der Waals surface area contributed by atoms with E-state index in [1.165, 1.54) is 11.1 Å².